The molecule has 1 aliphatic carbocycles. The van der Waals surface area contributed by atoms with Crippen molar-refractivity contribution in [2.75, 3.05) is 12.4 Å². The number of amides is 3. The Morgan fingerprint density at radius 2 is 1.96 bits per heavy atom. The van der Waals surface area contributed by atoms with Gasteiger partial charge in [-0.2, -0.15) is 0 Å². The molecule has 0 radical (unpaired) electrons. The van der Waals surface area contributed by atoms with Gasteiger partial charge < -0.3 is 10.1 Å². The average Bonchev–Trinajstić information content (AvgIpc) is 2.95. The van der Waals surface area contributed by atoms with Crippen molar-refractivity contribution in [3.8, 4) is 5.75 Å². The van der Waals surface area contributed by atoms with Gasteiger partial charge in [-0.05, 0) is 44.0 Å². The van der Waals surface area contributed by atoms with E-state index in [4.69, 9.17) is 4.74 Å². The number of thioether (sulfide) groups is 1. The highest BCUT2D eigenvalue weighted by atomic mass is 32.2. The first-order valence-corrected chi connectivity index (χ1v) is 9.61. The van der Waals surface area contributed by atoms with Crippen molar-refractivity contribution in [1.82, 2.24) is 10.2 Å². The van der Waals surface area contributed by atoms with Gasteiger partial charge in [0, 0.05) is 5.56 Å². The van der Waals surface area contributed by atoms with Gasteiger partial charge in [0.15, 0.2) is 0 Å². The maximum atomic E-state index is 12.6. The molecule has 1 N–H and O–H groups in total. The molecule has 3 amide bonds. The van der Waals surface area contributed by atoms with Crippen LogP contribution in [0.25, 0.3) is 0 Å². The summed E-state index contributed by atoms with van der Waals surface area (Å²) in [5.74, 6) is 0.586. The molecule has 1 heterocycles. The lowest BCUT2D eigenvalue weighted by atomic mass is 9.89. The highest BCUT2D eigenvalue weighted by Crippen LogP contribution is 2.30. The molecule has 0 aromatic heterocycles. The Hall–Kier alpha value is -2.02. The van der Waals surface area contributed by atoms with Crippen molar-refractivity contribution < 1.29 is 19.1 Å². The fraction of sp³-hybridized carbons (Fsp3) is 0.500. The smallest absolute Gasteiger partial charge is 0.289 e. The van der Waals surface area contributed by atoms with Gasteiger partial charge >= 0.3 is 0 Å². The van der Waals surface area contributed by atoms with Crippen molar-refractivity contribution in [3.63, 3.8) is 0 Å². The Bertz CT molecular complexity index is 646. The SMILES string of the molecule is CCOc1ccc(C(=O)NC2CCCCC2N2C(=O)CSC2=O)cc1. The molecule has 1 aliphatic heterocycles. The number of hydrogen-bond donors (Lipinski definition) is 1. The van der Waals surface area contributed by atoms with Crippen molar-refractivity contribution in [3.05, 3.63) is 29.8 Å². The first-order chi connectivity index (χ1) is 12.1. The Labute approximate surface area is 151 Å². The third-order valence-electron chi connectivity index (χ3n) is 4.59. The fourth-order valence-corrected chi connectivity index (χ4v) is 4.16. The molecule has 0 spiro atoms. The number of benzene rings is 1. The minimum atomic E-state index is -0.240. The predicted octanol–water partition coefficient (Wildman–Crippen LogP) is 2.82. The van der Waals surface area contributed by atoms with Gasteiger partial charge in [0.2, 0.25) is 5.91 Å². The van der Waals surface area contributed by atoms with Crippen molar-refractivity contribution >= 4 is 28.8 Å². The molecule has 2 aliphatic rings. The van der Waals surface area contributed by atoms with Crippen LogP contribution in [0.3, 0.4) is 0 Å². The molecule has 2 fully saturated rings. The maximum Gasteiger partial charge on any atom is 0.289 e. The zero-order chi connectivity index (χ0) is 17.8. The van der Waals surface area contributed by atoms with Crippen LogP contribution in [0.1, 0.15) is 43.0 Å². The lowest BCUT2D eigenvalue weighted by molar-refractivity contribution is -0.127. The van der Waals surface area contributed by atoms with Crippen LogP contribution in [0.2, 0.25) is 0 Å². The summed E-state index contributed by atoms with van der Waals surface area (Å²) in [7, 11) is 0. The van der Waals surface area contributed by atoms with Crippen LogP contribution < -0.4 is 10.1 Å². The Balaban J connectivity index is 1.69. The zero-order valence-electron chi connectivity index (χ0n) is 14.2. The number of carbonyl (C=O) groups is 3. The van der Waals surface area contributed by atoms with Crippen LogP contribution in [0.5, 0.6) is 5.75 Å². The second-order valence-corrected chi connectivity index (χ2v) is 7.13. The standard InChI is InChI=1S/C18H22N2O4S/c1-2-24-13-9-7-12(8-10-13)17(22)19-14-5-3-4-6-15(14)20-16(21)11-25-18(20)23/h7-10,14-15H,2-6,11H2,1H3,(H,19,22). The Kier molecular flexibility index (Phi) is 5.63. The van der Waals surface area contributed by atoms with Crippen LogP contribution >= 0.6 is 11.8 Å². The number of carbonyl (C=O) groups excluding carboxylic acids is 3. The molecule has 25 heavy (non-hydrogen) atoms. The first-order valence-electron chi connectivity index (χ1n) is 8.62. The Morgan fingerprint density at radius 1 is 1.24 bits per heavy atom. The van der Waals surface area contributed by atoms with Crippen LogP contribution in [0.15, 0.2) is 24.3 Å². The number of hydrogen-bond acceptors (Lipinski definition) is 5. The zero-order valence-corrected chi connectivity index (χ0v) is 15.0. The van der Waals surface area contributed by atoms with Gasteiger partial charge in [-0.25, -0.2) is 0 Å². The van der Waals surface area contributed by atoms with Crippen molar-refractivity contribution in [2.24, 2.45) is 0 Å². The van der Waals surface area contributed by atoms with Crippen LogP contribution in [-0.2, 0) is 4.79 Å². The topological polar surface area (TPSA) is 75.7 Å². The van der Waals surface area contributed by atoms with Gasteiger partial charge in [-0.3, -0.25) is 19.3 Å². The second-order valence-electron chi connectivity index (χ2n) is 6.21. The van der Waals surface area contributed by atoms with E-state index in [1.165, 1.54) is 4.90 Å². The van der Waals surface area contributed by atoms with E-state index in [0.29, 0.717) is 12.2 Å². The highest BCUT2D eigenvalue weighted by Gasteiger charge is 2.41. The number of ether oxygens (including phenoxy) is 1. The summed E-state index contributed by atoms with van der Waals surface area (Å²) in [6.07, 6.45) is 3.46. The molecule has 1 aromatic carbocycles. The molecule has 7 heteroatoms. The van der Waals surface area contributed by atoms with Gasteiger partial charge in [0.1, 0.15) is 5.75 Å². The van der Waals surface area contributed by atoms with Crippen LogP contribution in [0, 0.1) is 0 Å². The molecule has 3 rings (SSSR count). The molecule has 2 unspecified atom stereocenters. The van der Waals surface area contributed by atoms with E-state index in [-0.39, 0.29) is 34.9 Å². The second kappa shape index (κ2) is 7.91. The summed E-state index contributed by atoms with van der Waals surface area (Å²) in [5, 5.41) is 2.82. The molecule has 1 saturated carbocycles. The molecule has 1 aromatic rings. The summed E-state index contributed by atoms with van der Waals surface area (Å²) in [4.78, 5) is 38.0. The quantitative estimate of drug-likeness (QED) is 0.872. The average molecular weight is 362 g/mol. The van der Waals surface area contributed by atoms with Crippen molar-refractivity contribution in [2.45, 2.75) is 44.7 Å². The Morgan fingerprint density at radius 3 is 2.60 bits per heavy atom. The molecular weight excluding hydrogens is 340 g/mol. The van der Waals surface area contributed by atoms with E-state index in [9.17, 15) is 14.4 Å². The van der Waals surface area contributed by atoms with Gasteiger partial charge in [-0.1, -0.05) is 24.6 Å². The van der Waals surface area contributed by atoms with Crippen molar-refractivity contribution in [1.29, 1.82) is 0 Å². The molecule has 6 nitrogen and oxygen atoms in total. The molecule has 0 bridgehead atoms. The highest BCUT2D eigenvalue weighted by molar-refractivity contribution is 8.14. The number of rotatable bonds is 5. The molecule has 1 saturated heterocycles. The summed E-state index contributed by atoms with van der Waals surface area (Å²) in [6, 6.07) is 6.54. The minimum Gasteiger partial charge on any atom is -0.494 e. The van der Waals surface area contributed by atoms with Crippen LogP contribution in [-0.4, -0.2) is 46.4 Å². The fourth-order valence-electron chi connectivity index (χ4n) is 3.39. The third-order valence-corrected chi connectivity index (χ3v) is 5.42. The van der Waals surface area contributed by atoms with E-state index >= 15 is 0 Å². The van der Waals surface area contributed by atoms with E-state index < -0.39 is 0 Å². The molecule has 134 valence electrons. The predicted molar refractivity (Wildman–Crippen MR) is 95.8 cm³/mol. The summed E-state index contributed by atoms with van der Waals surface area (Å²) in [6.45, 7) is 2.48. The number of nitrogens with one attached hydrogen (secondary N) is 1. The molecular formula is C18H22N2O4S. The largest absolute Gasteiger partial charge is 0.494 e. The normalized spacial score (nSPS) is 23.6. The lowest BCUT2D eigenvalue weighted by Gasteiger charge is -2.36. The summed E-state index contributed by atoms with van der Waals surface area (Å²) >= 11 is 1.04. The van der Waals surface area contributed by atoms with E-state index in [1.807, 2.05) is 6.92 Å². The lowest BCUT2D eigenvalue weighted by Crippen LogP contribution is -2.54. The van der Waals surface area contributed by atoms with E-state index in [1.54, 1.807) is 24.3 Å². The maximum absolute atomic E-state index is 12.6. The first kappa shape index (κ1) is 17.8. The van der Waals surface area contributed by atoms with Crippen LogP contribution in [0.4, 0.5) is 4.79 Å². The summed E-state index contributed by atoms with van der Waals surface area (Å²) < 4.78 is 5.38. The van der Waals surface area contributed by atoms with E-state index in [2.05, 4.69) is 5.32 Å². The van der Waals surface area contributed by atoms with Gasteiger partial charge in [0.05, 0.1) is 24.4 Å². The minimum absolute atomic E-state index is 0.151. The van der Waals surface area contributed by atoms with Gasteiger partial charge in [0.25, 0.3) is 11.1 Å². The number of nitrogens with zero attached hydrogens (tertiary/aromatic N) is 1. The third kappa shape index (κ3) is 3.98. The number of imide groups is 1. The monoisotopic (exact) mass is 362 g/mol. The molecule has 2 atom stereocenters. The van der Waals surface area contributed by atoms with E-state index in [0.717, 1.165) is 43.2 Å². The summed E-state index contributed by atoms with van der Waals surface area (Å²) in [5.41, 5.74) is 0.543. The van der Waals surface area contributed by atoms with Gasteiger partial charge in [-0.15, -0.1) is 0 Å².